The second-order valence-electron chi connectivity index (χ2n) is 7.07. The molecule has 0 unspecified atom stereocenters. The van der Waals surface area contributed by atoms with Gasteiger partial charge in [-0.2, -0.15) is 0 Å². The number of nitrogens with two attached hydrogens (primary N) is 1. The molecule has 1 aliphatic heterocycles. The van der Waals surface area contributed by atoms with E-state index in [0.29, 0.717) is 44.0 Å². The van der Waals surface area contributed by atoms with Crippen LogP contribution in [0.15, 0.2) is 48.5 Å². The molecule has 29 heavy (non-hydrogen) atoms. The summed E-state index contributed by atoms with van der Waals surface area (Å²) < 4.78 is 24.4. The maximum atomic E-state index is 14.1. The topological polar surface area (TPSA) is 64.8 Å². The molecule has 1 saturated heterocycles. The molecule has 2 N–H and O–H groups in total. The zero-order valence-electron chi connectivity index (χ0n) is 16.6. The molecule has 2 aromatic carbocycles. The van der Waals surface area contributed by atoms with Crippen LogP contribution in [0.4, 0.5) is 4.39 Å². The van der Waals surface area contributed by atoms with E-state index in [1.807, 2.05) is 23.1 Å². The van der Waals surface area contributed by atoms with E-state index >= 15 is 0 Å². The molecule has 1 aliphatic rings. The molecule has 3 rings (SSSR count). The summed E-state index contributed by atoms with van der Waals surface area (Å²) >= 11 is 0. The SMILES string of the molecule is COCCOCc1cc(C(=O)N2C[C@@H](CN)[C@H](c3ccccc3)C2)ccc1F.Cl. The van der Waals surface area contributed by atoms with E-state index in [1.165, 1.54) is 17.7 Å². The Hall–Kier alpha value is -1.99. The highest BCUT2D eigenvalue weighted by Gasteiger charge is 2.35. The molecule has 0 saturated carbocycles. The minimum absolute atomic E-state index is 0. The van der Waals surface area contributed by atoms with E-state index in [9.17, 15) is 9.18 Å². The summed E-state index contributed by atoms with van der Waals surface area (Å²) in [4.78, 5) is 14.8. The first-order valence-electron chi connectivity index (χ1n) is 9.53. The fraction of sp³-hybridized carbons (Fsp3) is 0.409. The Kier molecular flexibility index (Phi) is 9.04. The fourth-order valence-corrected chi connectivity index (χ4v) is 3.68. The quantitative estimate of drug-likeness (QED) is 0.663. The Morgan fingerprint density at radius 3 is 2.62 bits per heavy atom. The van der Waals surface area contributed by atoms with Crippen molar-refractivity contribution in [1.82, 2.24) is 4.90 Å². The van der Waals surface area contributed by atoms with Crippen molar-refractivity contribution in [1.29, 1.82) is 0 Å². The van der Waals surface area contributed by atoms with Crippen molar-refractivity contribution < 1.29 is 18.7 Å². The van der Waals surface area contributed by atoms with E-state index in [2.05, 4.69) is 12.1 Å². The first-order valence-corrected chi connectivity index (χ1v) is 9.53. The van der Waals surface area contributed by atoms with Crippen LogP contribution in [-0.4, -0.2) is 50.8 Å². The van der Waals surface area contributed by atoms with E-state index in [4.69, 9.17) is 15.2 Å². The van der Waals surface area contributed by atoms with Crippen molar-refractivity contribution in [2.75, 3.05) is 40.0 Å². The van der Waals surface area contributed by atoms with Crippen molar-refractivity contribution in [3.05, 3.63) is 71.0 Å². The normalized spacial score (nSPS) is 18.5. The van der Waals surface area contributed by atoms with Crippen LogP contribution in [0.2, 0.25) is 0 Å². The molecule has 0 aliphatic carbocycles. The summed E-state index contributed by atoms with van der Waals surface area (Å²) in [6.07, 6.45) is 0. The molecular formula is C22H28ClFN2O3. The number of ether oxygens (including phenoxy) is 2. The predicted molar refractivity (Wildman–Crippen MR) is 113 cm³/mol. The van der Waals surface area contributed by atoms with Gasteiger partial charge in [0, 0.05) is 37.2 Å². The summed E-state index contributed by atoms with van der Waals surface area (Å²) in [6.45, 7) is 2.65. The van der Waals surface area contributed by atoms with Crippen LogP contribution in [-0.2, 0) is 16.1 Å². The van der Waals surface area contributed by atoms with Gasteiger partial charge in [-0.1, -0.05) is 30.3 Å². The third-order valence-corrected chi connectivity index (χ3v) is 5.24. The highest BCUT2D eigenvalue weighted by Crippen LogP contribution is 2.33. The Bertz CT molecular complexity index is 791. The van der Waals surface area contributed by atoms with Crippen LogP contribution in [0.3, 0.4) is 0 Å². The molecule has 2 atom stereocenters. The minimum atomic E-state index is -0.377. The van der Waals surface area contributed by atoms with Crippen LogP contribution < -0.4 is 5.73 Å². The van der Waals surface area contributed by atoms with Crippen LogP contribution in [0.5, 0.6) is 0 Å². The summed E-state index contributed by atoms with van der Waals surface area (Å²) in [5.74, 6) is -0.0523. The number of carbonyl (C=O) groups excluding carboxylic acids is 1. The van der Waals surface area contributed by atoms with Gasteiger partial charge in [-0.3, -0.25) is 4.79 Å². The zero-order chi connectivity index (χ0) is 19.9. The van der Waals surface area contributed by atoms with Gasteiger partial charge in [0.2, 0.25) is 0 Å². The molecule has 158 valence electrons. The Labute approximate surface area is 177 Å². The maximum absolute atomic E-state index is 14.1. The van der Waals surface area contributed by atoms with E-state index in [0.717, 1.165) is 0 Å². The average molecular weight is 423 g/mol. The maximum Gasteiger partial charge on any atom is 0.253 e. The van der Waals surface area contributed by atoms with Gasteiger partial charge in [0.25, 0.3) is 5.91 Å². The Morgan fingerprint density at radius 1 is 1.17 bits per heavy atom. The molecule has 1 fully saturated rings. The third kappa shape index (κ3) is 5.76. The molecule has 5 nitrogen and oxygen atoms in total. The van der Waals surface area contributed by atoms with Gasteiger partial charge < -0.3 is 20.1 Å². The van der Waals surface area contributed by atoms with Gasteiger partial charge >= 0.3 is 0 Å². The summed E-state index contributed by atoms with van der Waals surface area (Å²) in [7, 11) is 1.58. The first kappa shape index (κ1) is 23.3. The Balaban J connectivity index is 0.00000300. The average Bonchev–Trinajstić information content (AvgIpc) is 3.17. The van der Waals surface area contributed by atoms with E-state index in [-0.39, 0.29) is 42.6 Å². The van der Waals surface area contributed by atoms with Gasteiger partial charge in [-0.05, 0) is 36.2 Å². The lowest BCUT2D eigenvalue weighted by Gasteiger charge is -2.17. The standard InChI is InChI=1S/C22H27FN2O3.ClH/c1-27-9-10-28-15-18-11-17(7-8-21(18)23)22(26)25-13-19(12-24)20(14-25)16-5-3-2-4-6-16;/h2-8,11,19-20H,9-10,12-15,24H2,1H3;1H/t19-,20+;/m1./s1. The molecule has 1 amide bonds. The number of nitrogens with zero attached hydrogens (tertiary/aromatic N) is 1. The second-order valence-corrected chi connectivity index (χ2v) is 7.07. The van der Waals surface area contributed by atoms with Gasteiger partial charge in [-0.25, -0.2) is 4.39 Å². The summed E-state index contributed by atoms with van der Waals surface area (Å²) in [5, 5.41) is 0. The molecule has 0 aromatic heterocycles. The lowest BCUT2D eigenvalue weighted by atomic mass is 9.89. The lowest BCUT2D eigenvalue weighted by Crippen LogP contribution is -2.30. The van der Waals surface area contributed by atoms with Crippen LogP contribution in [0.25, 0.3) is 0 Å². The Morgan fingerprint density at radius 2 is 1.93 bits per heavy atom. The van der Waals surface area contributed by atoms with Gasteiger partial charge in [-0.15, -0.1) is 12.4 Å². The molecular weight excluding hydrogens is 395 g/mol. The number of hydrogen-bond donors (Lipinski definition) is 1. The number of halogens is 2. The molecule has 0 radical (unpaired) electrons. The summed E-state index contributed by atoms with van der Waals surface area (Å²) in [6, 6.07) is 14.6. The monoisotopic (exact) mass is 422 g/mol. The van der Waals surface area contributed by atoms with E-state index < -0.39 is 0 Å². The molecule has 2 aromatic rings. The van der Waals surface area contributed by atoms with Gasteiger partial charge in [0.05, 0.1) is 19.8 Å². The number of hydrogen-bond acceptors (Lipinski definition) is 4. The zero-order valence-corrected chi connectivity index (χ0v) is 17.4. The smallest absolute Gasteiger partial charge is 0.253 e. The van der Waals surface area contributed by atoms with Crippen molar-refractivity contribution in [3.63, 3.8) is 0 Å². The predicted octanol–water partition coefficient (Wildman–Crippen LogP) is 3.23. The number of amides is 1. The number of carbonyl (C=O) groups is 1. The molecule has 0 spiro atoms. The number of rotatable bonds is 8. The van der Waals surface area contributed by atoms with Crippen molar-refractivity contribution in [2.45, 2.75) is 12.5 Å². The van der Waals surface area contributed by atoms with Gasteiger partial charge in [0.15, 0.2) is 0 Å². The van der Waals surface area contributed by atoms with Crippen molar-refractivity contribution >= 4 is 18.3 Å². The highest BCUT2D eigenvalue weighted by molar-refractivity contribution is 5.94. The van der Waals surface area contributed by atoms with Crippen LogP contribution in [0.1, 0.15) is 27.4 Å². The lowest BCUT2D eigenvalue weighted by molar-refractivity contribution is 0.0603. The molecule has 7 heteroatoms. The fourth-order valence-electron chi connectivity index (χ4n) is 3.68. The first-order chi connectivity index (χ1) is 13.6. The third-order valence-electron chi connectivity index (χ3n) is 5.24. The minimum Gasteiger partial charge on any atom is -0.382 e. The number of benzene rings is 2. The summed E-state index contributed by atoms with van der Waals surface area (Å²) in [5.41, 5.74) is 8.01. The second kappa shape index (κ2) is 11.3. The van der Waals surface area contributed by atoms with Crippen molar-refractivity contribution in [3.8, 4) is 0 Å². The van der Waals surface area contributed by atoms with Crippen LogP contribution in [0, 0.1) is 11.7 Å². The van der Waals surface area contributed by atoms with Gasteiger partial charge in [0.1, 0.15) is 5.82 Å². The van der Waals surface area contributed by atoms with Crippen LogP contribution >= 0.6 is 12.4 Å². The van der Waals surface area contributed by atoms with Crippen molar-refractivity contribution in [2.24, 2.45) is 11.7 Å². The highest BCUT2D eigenvalue weighted by atomic mass is 35.5. The molecule has 1 heterocycles. The number of methoxy groups -OCH3 is 1. The van der Waals surface area contributed by atoms with E-state index in [1.54, 1.807) is 13.2 Å². The number of likely N-dealkylation sites (tertiary alicyclic amines) is 1. The molecule has 0 bridgehead atoms. The largest absolute Gasteiger partial charge is 0.382 e.